The SMILES string of the molecule is NC(=O)c1ccc2c(-c3ccc(C(F)(F)F)cc3)cccc2c1CCCSSCCCc1c(C(N)=O)ccc2c(-c3ccc(C(F)(F)F)cc3)cccc12. The summed E-state index contributed by atoms with van der Waals surface area (Å²) in [5, 5.41) is 3.27. The molecule has 6 rings (SSSR count). The van der Waals surface area contributed by atoms with E-state index in [4.69, 9.17) is 11.5 Å². The van der Waals surface area contributed by atoms with Gasteiger partial charge in [0.25, 0.3) is 0 Å². The summed E-state index contributed by atoms with van der Waals surface area (Å²) in [5.74, 6) is 0.442. The third-order valence-corrected chi connectivity index (χ3v) is 11.9. The zero-order chi connectivity index (χ0) is 38.6. The van der Waals surface area contributed by atoms with E-state index in [1.165, 1.54) is 24.3 Å². The van der Waals surface area contributed by atoms with Crippen molar-refractivity contribution in [3.63, 3.8) is 0 Å². The molecule has 0 bridgehead atoms. The van der Waals surface area contributed by atoms with Gasteiger partial charge in [0.05, 0.1) is 11.1 Å². The van der Waals surface area contributed by atoms with Crippen LogP contribution in [0.3, 0.4) is 0 Å². The Bertz CT molecular complexity index is 2160. The highest BCUT2D eigenvalue weighted by atomic mass is 33.1. The first-order chi connectivity index (χ1) is 25.7. The number of benzene rings is 6. The van der Waals surface area contributed by atoms with Crippen LogP contribution in [-0.2, 0) is 25.2 Å². The Balaban J connectivity index is 1.10. The number of rotatable bonds is 13. The van der Waals surface area contributed by atoms with Gasteiger partial charge in [-0.15, -0.1) is 0 Å². The van der Waals surface area contributed by atoms with Crippen LogP contribution in [0.25, 0.3) is 43.8 Å². The van der Waals surface area contributed by atoms with Crippen LogP contribution in [0, 0.1) is 0 Å². The largest absolute Gasteiger partial charge is 0.416 e. The van der Waals surface area contributed by atoms with E-state index in [0.717, 1.165) is 92.4 Å². The number of alkyl halides is 6. The van der Waals surface area contributed by atoms with Crippen LogP contribution in [0.2, 0.25) is 0 Å². The van der Waals surface area contributed by atoms with E-state index >= 15 is 0 Å². The van der Waals surface area contributed by atoms with E-state index in [9.17, 15) is 35.9 Å². The van der Waals surface area contributed by atoms with Crippen molar-refractivity contribution in [2.45, 2.75) is 38.0 Å². The lowest BCUT2D eigenvalue weighted by atomic mass is 9.90. The quantitative estimate of drug-likeness (QED) is 0.0695. The van der Waals surface area contributed by atoms with Crippen molar-refractivity contribution < 1.29 is 35.9 Å². The number of primary amides is 2. The molecule has 278 valence electrons. The van der Waals surface area contributed by atoms with Crippen LogP contribution in [0.15, 0.2) is 109 Å². The first-order valence-electron chi connectivity index (χ1n) is 17.0. The average Bonchev–Trinajstić information content (AvgIpc) is 3.14. The standard InChI is InChI=1S/C42H34F6N2O2S2/c43-41(44,45)27-15-11-25(12-16-27)29-5-1-7-31-33(37(39(49)51)21-19-35(29)31)9-3-23-53-54-24-4-10-34-32-8-2-6-30(36(32)20-22-38(34)40(50)52)26-13-17-28(18-14-26)42(46,47)48/h1-2,5-8,11-22H,3-4,9-10,23-24H2,(H2,49,51)(H2,50,52). The van der Waals surface area contributed by atoms with Gasteiger partial charge in [0.15, 0.2) is 0 Å². The number of aryl methyl sites for hydroxylation is 2. The predicted molar refractivity (Wildman–Crippen MR) is 207 cm³/mol. The minimum Gasteiger partial charge on any atom is -0.366 e. The van der Waals surface area contributed by atoms with Gasteiger partial charge >= 0.3 is 12.4 Å². The summed E-state index contributed by atoms with van der Waals surface area (Å²) in [6.45, 7) is 0. The van der Waals surface area contributed by atoms with Gasteiger partial charge in [-0.25, -0.2) is 0 Å². The van der Waals surface area contributed by atoms with Gasteiger partial charge in [-0.1, -0.05) is 94.4 Å². The summed E-state index contributed by atoms with van der Waals surface area (Å²) < 4.78 is 78.9. The molecule has 0 aromatic heterocycles. The minimum absolute atomic E-state index is 0.409. The lowest BCUT2D eigenvalue weighted by molar-refractivity contribution is -0.138. The fourth-order valence-corrected chi connectivity index (χ4v) is 8.93. The average molecular weight is 777 g/mol. The summed E-state index contributed by atoms with van der Waals surface area (Å²) in [6.07, 6.45) is -6.25. The second kappa shape index (κ2) is 16.2. The van der Waals surface area contributed by atoms with Crippen LogP contribution in [-0.4, -0.2) is 23.3 Å². The number of fused-ring (bicyclic) bond motifs is 2. The monoisotopic (exact) mass is 776 g/mol. The van der Waals surface area contributed by atoms with Crippen molar-refractivity contribution in [2.75, 3.05) is 11.5 Å². The lowest BCUT2D eigenvalue weighted by Crippen LogP contribution is -2.14. The van der Waals surface area contributed by atoms with E-state index in [1.54, 1.807) is 45.9 Å². The third-order valence-electron chi connectivity index (χ3n) is 9.32. The molecule has 54 heavy (non-hydrogen) atoms. The van der Waals surface area contributed by atoms with E-state index in [2.05, 4.69) is 0 Å². The Labute approximate surface area is 315 Å². The van der Waals surface area contributed by atoms with Gasteiger partial charge in [-0.3, -0.25) is 9.59 Å². The molecule has 0 atom stereocenters. The van der Waals surface area contributed by atoms with Gasteiger partial charge in [-0.2, -0.15) is 26.3 Å². The zero-order valence-corrected chi connectivity index (χ0v) is 30.3. The summed E-state index contributed by atoms with van der Waals surface area (Å²) in [5.41, 5.74) is 15.2. The molecule has 6 aromatic carbocycles. The van der Waals surface area contributed by atoms with Crippen molar-refractivity contribution in [2.24, 2.45) is 11.5 Å². The van der Waals surface area contributed by atoms with Crippen molar-refractivity contribution >= 4 is 54.9 Å². The second-order valence-electron chi connectivity index (χ2n) is 12.7. The van der Waals surface area contributed by atoms with Gasteiger partial charge in [0.2, 0.25) is 11.8 Å². The molecule has 4 N–H and O–H groups in total. The minimum atomic E-state index is -4.43. The summed E-state index contributed by atoms with van der Waals surface area (Å²) in [4.78, 5) is 24.8. The summed E-state index contributed by atoms with van der Waals surface area (Å²) in [7, 11) is 3.37. The van der Waals surface area contributed by atoms with Crippen molar-refractivity contribution in [1.29, 1.82) is 0 Å². The van der Waals surface area contributed by atoms with Crippen LogP contribution < -0.4 is 11.5 Å². The second-order valence-corrected chi connectivity index (χ2v) is 15.4. The molecule has 0 saturated heterocycles. The topological polar surface area (TPSA) is 86.2 Å². The molecule has 4 nitrogen and oxygen atoms in total. The molecule has 0 saturated carbocycles. The van der Waals surface area contributed by atoms with Gasteiger partial charge in [0.1, 0.15) is 0 Å². The Morgan fingerprint density at radius 3 is 1.19 bits per heavy atom. The number of hydrogen-bond donors (Lipinski definition) is 2. The number of hydrogen-bond acceptors (Lipinski definition) is 4. The van der Waals surface area contributed by atoms with E-state index < -0.39 is 35.3 Å². The maximum absolute atomic E-state index is 13.2. The van der Waals surface area contributed by atoms with Crippen LogP contribution in [0.5, 0.6) is 0 Å². The molecule has 0 aliphatic carbocycles. The van der Waals surface area contributed by atoms with Gasteiger partial charge in [0, 0.05) is 22.6 Å². The highest BCUT2D eigenvalue weighted by molar-refractivity contribution is 8.76. The summed E-state index contributed by atoms with van der Waals surface area (Å²) >= 11 is 0. The molecule has 0 aliphatic heterocycles. The predicted octanol–water partition coefficient (Wildman–Crippen LogP) is 11.5. The lowest BCUT2D eigenvalue weighted by Gasteiger charge is -2.15. The fraction of sp³-hybridized carbons (Fsp3) is 0.190. The number of carbonyl (C=O) groups excluding carboxylic acids is 2. The number of carbonyl (C=O) groups is 2. The van der Waals surface area contributed by atoms with Gasteiger partial charge in [-0.05, 0) is 117 Å². The Kier molecular flexibility index (Phi) is 11.6. The smallest absolute Gasteiger partial charge is 0.366 e. The fourth-order valence-electron chi connectivity index (χ4n) is 6.76. The van der Waals surface area contributed by atoms with Crippen LogP contribution in [0.4, 0.5) is 26.3 Å². The first kappa shape index (κ1) is 38.8. The van der Waals surface area contributed by atoms with E-state index in [1.807, 2.05) is 36.4 Å². The Morgan fingerprint density at radius 2 is 0.852 bits per heavy atom. The molecule has 0 radical (unpaired) electrons. The molecule has 0 unspecified atom stereocenters. The number of halogens is 6. The highest BCUT2D eigenvalue weighted by Gasteiger charge is 2.31. The summed E-state index contributed by atoms with van der Waals surface area (Å²) in [6, 6.07) is 28.1. The van der Waals surface area contributed by atoms with Crippen molar-refractivity contribution in [3.05, 3.63) is 143 Å². The van der Waals surface area contributed by atoms with Crippen molar-refractivity contribution in [3.8, 4) is 22.3 Å². The normalized spacial score (nSPS) is 12.0. The van der Waals surface area contributed by atoms with E-state index in [-0.39, 0.29) is 0 Å². The zero-order valence-electron chi connectivity index (χ0n) is 28.7. The molecule has 0 aliphatic rings. The Hall–Kier alpha value is -4.94. The highest BCUT2D eigenvalue weighted by Crippen LogP contribution is 2.38. The maximum atomic E-state index is 13.2. The van der Waals surface area contributed by atoms with Crippen LogP contribution >= 0.6 is 21.6 Å². The third kappa shape index (κ3) is 8.55. The van der Waals surface area contributed by atoms with E-state index in [0.29, 0.717) is 35.1 Å². The number of amides is 2. The molecule has 6 aromatic rings. The Morgan fingerprint density at radius 1 is 0.481 bits per heavy atom. The molecule has 0 heterocycles. The number of nitrogens with two attached hydrogens (primary N) is 2. The maximum Gasteiger partial charge on any atom is 0.416 e. The molecule has 0 spiro atoms. The van der Waals surface area contributed by atoms with Gasteiger partial charge < -0.3 is 11.5 Å². The molecular weight excluding hydrogens is 743 g/mol. The van der Waals surface area contributed by atoms with Crippen molar-refractivity contribution in [1.82, 2.24) is 0 Å². The molecule has 0 fully saturated rings. The molecular formula is C42H34F6N2O2S2. The molecule has 12 heteroatoms. The first-order valence-corrected chi connectivity index (χ1v) is 19.5. The molecule has 2 amide bonds. The van der Waals surface area contributed by atoms with Crippen LogP contribution in [0.1, 0.15) is 55.8 Å².